The molecule has 3 N–H and O–H groups in total. The summed E-state index contributed by atoms with van der Waals surface area (Å²) in [6.07, 6.45) is 7.80. The third kappa shape index (κ3) is 6.43. The van der Waals surface area contributed by atoms with Crippen LogP contribution in [-0.2, 0) is 9.84 Å². The molecule has 51 heavy (non-hydrogen) atoms. The second-order valence-electron chi connectivity index (χ2n) is 13.0. The molecule has 0 spiro atoms. The fourth-order valence-electron chi connectivity index (χ4n) is 6.74. The van der Waals surface area contributed by atoms with Crippen molar-refractivity contribution in [2.45, 2.75) is 31.9 Å². The molecule has 12 nitrogen and oxygen atoms in total. The summed E-state index contributed by atoms with van der Waals surface area (Å²) in [5, 5.41) is 5.19. The molecule has 14 heteroatoms. The summed E-state index contributed by atoms with van der Waals surface area (Å²) in [5.74, 6) is 1.07. The number of carbonyl (C=O) groups is 1. The molecule has 5 heterocycles. The second kappa shape index (κ2) is 12.9. The van der Waals surface area contributed by atoms with E-state index in [4.69, 9.17) is 15.2 Å². The van der Waals surface area contributed by atoms with Gasteiger partial charge in [-0.05, 0) is 73.9 Å². The lowest BCUT2D eigenvalue weighted by molar-refractivity contribution is 0.0828. The molecule has 3 aromatic heterocycles. The van der Waals surface area contributed by atoms with Gasteiger partial charge in [0, 0.05) is 53.6 Å². The molecule has 3 aromatic carbocycles. The Morgan fingerprint density at radius 2 is 1.73 bits per heavy atom. The fourth-order valence-corrected chi connectivity index (χ4v) is 8.24. The Morgan fingerprint density at radius 3 is 2.45 bits per heavy atom. The fraction of sp³-hybridized carbons (Fsp3) is 0.243. The van der Waals surface area contributed by atoms with Crippen LogP contribution in [-0.4, -0.2) is 80.6 Å². The Kier molecular flexibility index (Phi) is 8.27. The predicted octanol–water partition coefficient (Wildman–Crippen LogP) is 5.50. The van der Waals surface area contributed by atoms with E-state index >= 15 is 0 Å². The first kappa shape index (κ1) is 32.6. The number of rotatable bonds is 9. The van der Waals surface area contributed by atoms with E-state index in [1.165, 1.54) is 23.3 Å². The van der Waals surface area contributed by atoms with Crippen LogP contribution in [0.1, 0.15) is 34.5 Å². The highest BCUT2D eigenvalue weighted by Crippen LogP contribution is 2.37. The number of aromatic nitrogens is 5. The Bertz CT molecular complexity index is 2380. The third-order valence-corrected chi connectivity index (χ3v) is 11.3. The number of piperidine rings is 1. The molecule has 0 atom stereocenters. The Labute approximate surface area is 293 Å². The average Bonchev–Trinajstić information content (AvgIpc) is 3.72. The number of ether oxygens (including phenoxy) is 2. The summed E-state index contributed by atoms with van der Waals surface area (Å²) < 4.78 is 51.4. The number of aromatic amines is 1. The number of fused-ring (bicyclic) bond motifs is 1. The van der Waals surface area contributed by atoms with Gasteiger partial charge >= 0.3 is 0 Å². The minimum Gasteiger partial charge on any atom is -0.490 e. The average molecular weight is 708 g/mol. The van der Waals surface area contributed by atoms with Gasteiger partial charge in [0.2, 0.25) is 5.78 Å². The summed E-state index contributed by atoms with van der Waals surface area (Å²) in [6, 6.07) is 17.1. The predicted molar refractivity (Wildman–Crippen MR) is 190 cm³/mol. The van der Waals surface area contributed by atoms with Gasteiger partial charge in [-0.2, -0.15) is 5.10 Å². The number of carbonyl (C=O) groups excluding carboxylic acids is 1. The topological polar surface area (TPSA) is 158 Å². The number of nitrogens with two attached hydrogens (primary N) is 1. The van der Waals surface area contributed by atoms with E-state index in [0.29, 0.717) is 22.9 Å². The lowest BCUT2D eigenvalue weighted by Gasteiger charge is -2.41. The Morgan fingerprint density at radius 1 is 0.961 bits per heavy atom. The van der Waals surface area contributed by atoms with Gasteiger partial charge in [0.1, 0.15) is 29.7 Å². The van der Waals surface area contributed by atoms with E-state index in [1.807, 2.05) is 19.1 Å². The van der Waals surface area contributed by atoms with Crippen molar-refractivity contribution in [1.29, 1.82) is 0 Å². The summed E-state index contributed by atoms with van der Waals surface area (Å²) in [4.78, 5) is 27.7. The van der Waals surface area contributed by atoms with Gasteiger partial charge in [-0.3, -0.25) is 9.69 Å². The molecule has 260 valence electrons. The normalized spacial score (nSPS) is 16.6. The number of anilines is 1. The molecule has 0 unspecified atom stereocenters. The number of nitrogen functional groups attached to an aromatic ring is 1. The molecule has 0 aliphatic carbocycles. The lowest BCUT2D eigenvalue weighted by Crippen LogP contribution is -2.56. The minimum absolute atomic E-state index is 0.0618. The number of nitrogens with zero attached hydrogens (tertiary/aromatic N) is 5. The maximum absolute atomic E-state index is 14.2. The number of likely N-dealkylation sites (tertiary alicyclic amines) is 1. The van der Waals surface area contributed by atoms with Crippen molar-refractivity contribution in [3.05, 3.63) is 108 Å². The lowest BCUT2D eigenvalue weighted by atomic mass is 10.0. The van der Waals surface area contributed by atoms with Gasteiger partial charge in [-0.1, -0.05) is 12.1 Å². The third-order valence-electron chi connectivity index (χ3n) is 9.53. The molecular formula is C37H34FN7O5S. The first-order valence-electron chi connectivity index (χ1n) is 16.6. The van der Waals surface area contributed by atoms with Crippen LogP contribution in [0.2, 0.25) is 0 Å². The van der Waals surface area contributed by atoms with Crippen molar-refractivity contribution < 1.29 is 27.1 Å². The largest absolute Gasteiger partial charge is 0.490 e. The number of benzene rings is 3. The molecule has 2 aliphatic heterocycles. The molecule has 8 rings (SSSR count). The summed E-state index contributed by atoms with van der Waals surface area (Å²) in [5.41, 5.74) is 10.7. The number of sulfone groups is 1. The van der Waals surface area contributed by atoms with Gasteiger partial charge < -0.3 is 20.2 Å². The smallest absolute Gasteiger partial charge is 0.214 e. The first-order valence-corrected chi connectivity index (χ1v) is 18.4. The molecule has 0 bridgehead atoms. The van der Waals surface area contributed by atoms with Gasteiger partial charge in [0.25, 0.3) is 0 Å². The maximum Gasteiger partial charge on any atom is 0.214 e. The number of nitrogens with one attached hydrogen (secondary N) is 1. The van der Waals surface area contributed by atoms with Crippen molar-refractivity contribution in [2.24, 2.45) is 0 Å². The molecule has 2 fully saturated rings. The quantitative estimate of drug-likeness (QED) is 0.184. The van der Waals surface area contributed by atoms with Crippen molar-refractivity contribution >= 4 is 32.3 Å². The van der Waals surface area contributed by atoms with Crippen molar-refractivity contribution in [1.82, 2.24) is 29.6 Å². The minimum atomic E-state index is -2.89. The van der Waals surface area contributed by atoms with Gasteiger partial charge in [-0.15, -0.1) is 0 Å². The zero-order chi connectivity index (χ0) is 35.3. The molecule has 0 amide bonds. The first-order chi connectivity index (χ1) is 24.6. The molecule has 0 radical (unpaired) electrons. The highest BCUT2D eigenvalue weighted by Gasteiger charge is 2.39. The van der Waals surface area contributed by atoms with Crippen LogP contribution in [0.3, 0.4) is 0 Å². The van der Waals surface area contributed by atoms with Crippen LogP contribution in [0.25, 0.3) is 27.7 Å². The van der Waals surface area contributed by atoms with Crippen LogP contribution < -0.4 is 15.2 Å². The summed E-state index contributed by atoms with van der Waals surface area (Å²) >= 11 is 0. The van der Waals surface area contributed by atoms with Crippen molar-refractivity contribution in [3.63, 3.8) is 0 Å². The summed E-state index contributed by atoms with van der Waals surface area (Å²) in [6.45, 7) is 3.36. The van der Waals surface area contributed by atoms with E-state index < -0.39 is 15.7 Å². The van der Waals surface area contributed by atoms with Crippen LogP contribution in [0.4, 0.5) is 10.2 Å². The number of hydrogen-bond donors (Lipinski definition) is 2. The monoisotopic (exact) mass is 707 g/mol. The second-order valence-corrected chi connectivity index (χ2v) is 15.2. The zero-order valence-electron chi connectivity index (χ0n) is 27.6. The van der Waals surface area contributed by atoms with Crippen LogP contribution in [0, 0.1) is 12.7 Å². The van der Waals surface area contributed by atoms with Crippen LogP contribution in [0.5, 0.6) is 17.2 Å². The van der Waals surface area contributed by atoms with E-state index in [-0.39, 0.29) is 46.6 Å². The van der Waals surface area contributed by atoms with Crippen LogP contribution in [0.15, 0.2) is 85.6 Å². The van der Waals surface area contributed by atoms with Crippen molar-refractivity contribution in [2.75, 3.05) is 30.3 Å². The number of ketones is 1. The standard InChI is InChI=1S/C37H34FN7O5S/c1-22-12-25(6-7-33(22)50-34-5-3-2-4-30(34)38)45-37(39)29(18-42-45)36(46)32-13-23-14-35(28(15-31(23)43-32)24-16-40-21-41-17-24)49-27-8-10-44(11-9-27)26-19-51(47,48)20-26/h2-7,12-18,21,26-27,43H,8-11,19-20,39H2,1H3. The Balaban J connectivity index is 1.03. The van der Waals surface area contributed by atoms with E-state index in [1.54, 1.807) is 54.9 Å². The van der Waals surface area contributed by atoms with Gasteiger partial charge in [-0.25, -0.2) is 27.5 Å². The zero-order valence-corrected chi connectivity index (χ0v) is 28.4. The number of halogens is 1. The molecule has 6 aromatic rings. The van der Waals surface area contributed by atoms with E-state index in [2.05, 4.69) is 25.0 Å². The highest BCUT2D eigenvalue weighted by atomic mass is 32.2. The molecular weight excluding hydrogens is 674 g/mol. The van der Waals surface area contributed by atoms with Crippen LogP contribution >= 0.6 is 0 Å². The Hall–Kier alpha value is -5.60. The van der Waals surface area contributed by atoms with E-state index in [9.17, 15) is 17.6 Å². The van der Waals surface area contributed by atoms with Crippen molar-refractivity contribution in [3.8, 4) is 34.1 Å². The number of aryl methyl sites for hydroxylation is 1. The molecule has 0 saturated carbocycles. The molecule has 2 aliphatic rings. The van der Waals surface area contributed by atoms with E-state index in [0.717, 1.165) is 53.5 Å². The number of hydrogen-bond acceptors (Lipinski definition) is 10. The molecule has 2 saturated heterocycles. The number of para-hydroxylation sites is 1. The van der Waals surface area contributed by atoms with Gasteiger partial charge in [0.05, 0.1) is 34.6 Å². The maximum atomic E-state index is 14.2. The SMILES string of the molecule is Cc1cc(-n2ncc(C(=O)c3cc4cc(OC5CCN(C6CS(=O)(=O)C6)CC5)c(-c5cncnc5)cc4[nH]3)c2N)ccc1Oc1ccccc1F. The highest BCUT2D eigenvalue weighted by molar-refractivity contribution is 7.92. The van der Waals surface area contributed by atoms with Gasteiger partial charge in [0.15, 0.2) is 21.4 Å². The number of H-pyrrole nitrogens is 1. The summed E-state index contributed by atoms with van der Waals surface area (Å²) in [7, 11) is -2.89.